The van der Waals surface area contributed by atoms with Gasteiger partial charge in [-0.25, -0.2) is 22.5 Å². The number of pyridine rings is 1. The first kappa shape index (κ1) is 24.5. The number of benzene rings is 2. The molecule has 1 amide bonds. The number of hydrogen-bond donors (Lipinski definition) is 3. The van der Waals surface area contributed by atoms with E-state index in [-0.39, 0.29) is 41.2 Å². The maximum Gasteiger partial charge on any atom is 0.253 e. The largest absolute Gasteiger partial charge is 0.381 e. The number of amides is 1. The van der Waals surface area contributed by atoms with E-state index in [1.165, 1.54) is 30.5 Å². The van der Waals surface area contributed by atoms with Crippen molar-refractivity contribution in [2.75, 3.05) is 17.6 Å². The highest BCUT2D eigenvalue weighted by atomic mass is 127. The van der Waals surface area contributed by atoms with Crippen molar-refractivity contribution >= 4 is 45.7 Å². The summed E-state index contributed by atoms with van der Waals surface area (Å²) in [6.07, 6.45) is 2.25. The van der Waals surface area contributed by atoms with Gasteiger partial charge in [-0.15, -0.1) is 6.58 Å². The van der Waals surface area contributed by atoms with E-state index in [0.717, 1.165) is 6.07 Å². The van der Waals surface area contributed by atoms with E-state index in [9.17, 15) is 18.0 Å². The van der Waals surface area contributed by atoms with Crippen molar-refractivity contribution < 1.29 is 22.4 Å². The lowest BCUT2D eigenvalue weighted by Gasteiger charge is -2.17. The first-order chi connectivity index (χ1) is 15.6. The Labute approximate surface area is 201 Å². The van der Waals surface area contributed by atoms with Crippen LogP contribution in [0.5, 0.6) is 0 Å². The normalized spacial score (nSPS) is 10.7. The second-order valence-corrected chi connectivity index (χ2v) is 8.30. The molecule has 4 N–H and O–H groups in total. The van der Waals surface area contributed by atoms with E-state index in [1.54, 1.807) is 6.92 Å². The highest BCUT2D eigenvalue weighted by molar-refractivity contribution is 14.1. The zero-order chi connectivity index (χ0) is 24.3. The molecule has 0 saturated carbocycles. The van der Waals surface area contributed by atoms with Crippen LogP contribution in [-0.4, -0.2) is 17.4 Å². The topological polar surface area (TPSA) is 80.0 Å². The second-order valence-electron chi connectivity index (χ2n) is 7.14. The second kappa shape index (κ2) is 10.2. The Morgan fingerprint density at radius 2 is 1.88 bits per heavy atom. The number of nitrogens with two attached hydrogens (primary N) is 1. The molecule has 0 bridgehead atoms. The Kier molecular flexibility index (Phi) is 7.57. The Hall–Kier alpha value is -3.15. The number of anilines is 3. The fourth-order valence-electron chi connectivity index (χ4n) is 3.10. The predicted octanol–water partition coefficient (Wildman–Crippen LogP) is 5.38. The molecule has 0 aliphatic rings. The van der Waals surface area contributed by atoms with Crippen molar-refractivity contribution in [3.05, 3.63) is 92.2 Å². The Morgan fingerprint density at radius 3 is 2.58 bits per heavy atom. The van der Waals surface area contributed by atoms with Crippen molar-refractivity contribution in [3.8, 4) is 0 Å². The fraction of sp³-hybridized carbons (Fsp3) is 0.130. The van der Waals surface area contributed by atoms with Gasteiger partial charge in [0.1, 0.15) is 5.82 Å². The first-order valence-corrected chi connectivity index (χ1v) is 10.7. The molecule has 0 fully saturated rings. The number of carbonyl (C=O) groups is 1. The number of rotatable bonds is 7. The number of hydrogen-bond acceptors (Lipinski definition) is 4. The summed E-state index contributed by atoms with van der Waals surface area (Å²) in [6, 6.07) is 5.01. The third-order valence-electron chi connectivity index (χ3n) is 4.82. The van der Waals surface area contributed by atoms with Gasteiger partial charge in [0.25, 0.3) is 5.91 Å². The van der Waals surface area contributed by atoms with E-state index >= 15 is 4.39 Å². The Balaban J connectivity index is 2.13. The number of carbonyl (C=O) groups excluding carboxylic acids is 1. The van der Waals surface area contributed by atoms with Crippen LogP contribution < -0.4 is 16.4 Å². The van der Waals surface area contributed by atoms with Crippen LogP contribution in [-0.2, 0) is 6.42 Å². The highest BCUT2D eigenvalue weighted by Crippen LogP contribution is 2.32. The molecule has 1 heterocycles. The summed E-state index contributed by atoms with van der Waals surface area (Å²) in [5.41, 5.74) is 4.86. The summed E-state index contributed by atoms with van der Waals surface area (Å²) < 4.78 is 59.6. The molecule has 0 atom stereocenters. The molecule has 0 saturated heterocycles. The maximum absolute atomic E-state index is 15.2. The summed E-state index contributed by atoms with van der Waals surface area (Å²) in [4.78, 5) is 16.3. The quantitative estimate of drug-likeness (QED) is 0.203. The first-order valence-electron chi connectivity index (χ1n) is 9.65. The van der Waals surface area contributed by atoms with E-state index in [1.807, 2.05) is 22.6 Å². The van der Waals surface area contributed by atoms with Gasteiger partial charge in [0.15, 0.2) is 23.3 Å². The van der Waals surface area contributed by atoms with Gasteiger partial charge in [-0.05, 0) is 70.5 Å². The van der Waals surface area contributed by atoms with E-state index in [2.05, 4.69) is 22.2 Å². The molecule has 0 radical (unpaired) electrons. The third-order valence-corrected chi connectivity index (χ3v) is 5.98. The van der Waals surface area contributed by atoms with Crippen LogP contribution in [0.2, 0.25) is 0 Å². The van der Waals surface area contributed by atoms with Crippen LogP contribution in [0.4, 0.5) is 34.8 Å². The maximum atomic E-state index is 15.2. The summed E-state index contributed by atoms with van der Waals surface area (Å²) in [5, 5.41) is 4.99. The van der Waals surface area contributed by atoms with Crippen LogP contribution in [0.3, 0.4) is 0 Å². The molecule has 172 valence electrons. The molecule has 2 aromatic carbocycles. The van der Waals surface area contributed by atoms with E-state index in [4.69, 9.17) is 5.73 Å². The smallest absolute Gasteiger partial charge is 0.253 e. The van der Waals surface area contributed by atoms with Crippen LogP contribution in [0, 0.1) is 33.8 Å². The van der Waals surface area contributed by atoms with Gasteiger partial charge in [0, 0.05) is 22.7 Å². The van der Waals surface area contributed by atoms with Crippen molar-refractivity contribution in [2.24, 2.45) is 0 Å². The zero-order valence-corrected chi connectivity index (χ0v) is 19.6. The van der Waals surface area contributed by atoms with Gasteiger partial charge in [-0.3, -0.25) is 4.79 Å². The van der Waals surface area contributed by atoms with Gasteiger partial charge in [-0.2, -0.15) is 0 Å². The molecular weight excluding hydrogens is 551 g/mol. The zero-order valence-electron chi connectivity index (χ0n) is 17.4. The van der Waals surface area contributed by atoms with Gasteiger partial charge >= 0.3 is 0 Å². The monoisotopic (exact) mass is 570 g/mol. The Morgan fingerprint density at radius 1 is 1.15 bits per heavy atom. The average Bonchev–Trinajstić information content (AvgIpc) is 2.78. The van der Waals surface area contributed by atoms with Crippen LogP contribution >= 0.6 is 22.6 Å². The van der Waals surface area contributed by atoms with Crippen molar-refractivity contribution in [1.29, 1.82) is 0 Å². The summed E-state index contributed by atoms with van der Waals surface area (Å²) in [7, 11) is 0. The molecule has 0 unspecified atom stereocenters. The molecule has 0 aliphatic heterocycles. The van der Waals surface area contributed by atoms with Crippen molar-refractivity contribution in [2.45, 2.75) is 13.3 Å². The van der Waals surface area contributed by atoms with Crippen LogP contribution in [0.15, 0.2) is 43.1 Å². The van der Waals surface area contributed by atoms with Gasteiger partial charge < -0.3 is 16.4 Å². The van der Waals surface area contributed by atoms with Gasteiger partial charge in [-0.1, -0.05) is 6.08 Å². The molecule has 3 rings (SSSR count). The molecule has 0 aliphatic carbocycles. The summed E-state index contributed by atoms with van der Waals surface area (Å²) >= 11 is 1.94. The number of nitrogens with one attached hydrogen (secondary N) is 2. The minimum Gasteiger partial charge on any atom is -0.381 e. The van der Waals surface area contributed by atoms with Gasteiger partial charge in [0.05, 0.1) is 16.9 Å². The Bertz CT molecular complexity index is 1250. The number of nitrogen functional groups attached to an aromatic ring is 1. The molecule has 5 nitrogen and oxygen atoms in total. The fourth-order valence-corrected chi connectivity index (χ4v) is 3.53. The average molecular weight is 570 g/mol. The standard InChI is InChI=1S/C23H19F4IN4O/c1-3-5-31-23(33)14-9-13(8-12-4-6-30-22(29)19(12)26)18(25)20(27)21(14)32-17-7-11(2)16(28)10-15(17)24/h3-4,6-7,9-10,32H,1,5,8H2,2H3,(H2,29,30)(H,31,33). The van der Waals surface area contributed by atoms with E-state index < -0.39 is 34.9 Å². The molecule has 10 heteroatoms. The lowest BCUT2D eigenvalue weighted by atomic mass is 9.99. The lowest BCUT2D eigenvalue weighted by molar-refractivity contribution is 0.0958. The number of aromatic nitrogens is 1. The molecule has 1 aromatic heterocycles. The van der Waals surface area contributed by atoms with Gasteiger partial charge in [0.2, 0.25) is 0 Å². The van der Waals surface area contributed by atoms with Crippen LogP contribution in [0.25, 0.3) is 0 Å². The molecule has 33 heavy (non-hydrogen) atoms. The lowest BCUT2D eigenvalue weighted by Crippen LogP contribution is -2.25. The number of aryl methyl sites for hydroxylation is 1. The van der Waals surface area contributed by atoms with Crippen molar-refractivity contribution in [1.82, 2.24) is 10.3 Å². The third kappa shape index (κ3) is 5.27. The predicted molar refractivity (Wildman–Crippen MR) is 127 cm³/mol. The highest BCUT2D eigenvalue weighted by Gasteiger charge is 2.24. The summed E-state index contributed by atoms with van der Waals surface area (Å²) in [6.45, 7) is 5.27. The van der Waals surface area contributed by atoms with Crippen molar-refractivity contribution in [3.63, 3.8) is 0 Å². The molecular formula is C23H19F4IN4O. The summed E-state index contributed by atoms with van der Waals surface area (Å²) in [5.74, 6) is -5.44. The number of nitrogens with zero attached hydrogens (tertiary/aromatic N) is 1. The SMILES string of the molecule is C=CCNC(=O)c1cc(Cc2ccnc(N)c2F)c(F)c(F)c1Nc1cc(C)c(I)cc1F. The number of halogens is 5. The molecule has 0 spiro atoms. The minimum atomic E-state index is -1.41. The minimum absolute atomic E-state index is 0.0294. The van der Waals surface area contributed by atoms with E-state index in [0.29, 0.717) is 9.13 Å². The van der Waals surface area contributed by atoms with Crippen LogP contribution in [0.1, 0.15) is 27.0 Å². The molecule has 3 aromatic rings.